The highest BCUT2D eigenvalue weighted by atomic mass is 16.2. The van der Waals surface area contributed by atoms with Crippen LogP contribution in [0.4, 0.5) is 0 Å². The summed E-state index contributed by atoms with van der Waals surface area (Å²) < 4.78 is 0. The molecule has 0 saturated heterocycles. The van der Waals surface area contributed by atoms with Gasteiger partial charge in [-0.05, 0) is 12.5 Å². The fourth-order valence-electron chi connectivity index (χ4n) is 1.45. The minimum Gasteiger partial charge on any atom is -0.313 e. The Morgan fingerprint density at radius 2 is 2.00 bits per heavy atom. The average Bonchev–Trinajstić information content (AvgIpc) is 2.19. The van der Waals surface area contributed by atoms with Crippen LogP contribution >= 0.6 is 0 Å². The van der Waals surface area contributed by atoms with E-state index in [1.54, 1.807) is 18.0 Å². The first-order chi connectivity index (χ1) is 6.66. The van der Waals surface area contributed by atoms with Crippen molar-refractivity contribution in [3.63, 3.8) is 0 Å². The fraction of sp³-hybridized carbons (Fsp3) is 0.250. The second kappa shape index (κ2) is 4.61. The van der Waals surface area contributed by atoms with Crippen molar-refractivity contribution in [2.24, 2.45) is 0 Å². The molecule has 0 saturated carbocycles. The van der Waals surface area contributed by atoms with Gasteiger partial charge in [-0.25, -0.2) is 0 Å². The Kier molecular flexibility index (Phi) is 3.46. The van der Waals surface area contributed by atoms with Crippen molar-refractivity contribution in [3.05, 3.63) is 48.7 Å². The highest BCUT2D eigenvalue weighted by Crippen LogP contribution is 2.19. The zero-order valence-electron chi connectivity index (χ0n) is 8.60. The number of rotatable bonds is 3. The van der Waals surface area contributed by atoms with Gasteiger partial charge in [-0.15, -0.1) is 0 Å². The first-order valence-electron chi connectivity index (χ1n) is 4.63. The van der Waals surface area contributed by atoms with Crippen molar-refractivity contribution in [1.82, 2.24) is 4.90 Å². The molecule has 1 atom stereocenters. The molecule has 0 fully saturated rings. The lowest BCUT2D eigenvalue weighted by atomic mass is 10.1. The van der Waals surface area contributed by atoms with Crippen LogP contribution in [0.2, 0.25) is 0 Å². The van der Waals surface area contributed by atoms with Crippen LogP contribution in [0.25, 0.3) is 0 Å². The minimum absolute atomic E-state index is 0.0105. The summed E-state index contributed by atoms with van der Waals surface area (Å²) in [6, 6.07) is 9.95. The van der Waals surface area contributed by atoms with Gasteiger partial charge >= 0.3 is 0 Å². The first kappa shape index (κ1) is 10.5. The van der Waals surface area contributed by atoms with E-state index in [-0.39, 0.29) is 11.9 Å². The summed E-state index contributed by atoms with van der Waals surface area (Å²) in [5, 5.41) is 0. The summed E-state index contributed by atoms with van der Waals surface area (Å²) in [7, 11) is 0. The molecule has 0 heterocycles. The molecule has 1 aromatic rings. The zero-order chi connectivity index (χ0) is 10.6. The van der Waals surface area contributed by atoms with Crippen molar-refractivity contribution in [2.45, 2.75) is 19.9 Å². The van der Waals surface area contributed by atoms with E-state index < -0.39 is 0 Å². The summed E-state index contributed by atoms with van der Waals surface area (Å²) in [5.41, 5.74) is 1.11. The van der Waals surface area contributed by atoms with Gasteiger partial charge in [0.1, 0.15) is 0 Å². The maximum absolute atomic E-state index is 11.2. The van der Waals surface area contributed by atoms with E-state index in [9.17, 15) is 4.79 Å². The predicted octanol–water partition coefficient (Wildman–Crippen LogP) is 2.74. The third kappa shape index (κ3) is 2.22. The lowest BCUT2D eigenvalue weighted by Gasteiger charge is -2.24. The number of nitrogens with zero attached hydrogens (tertiary/aromatic N) is 1. The number of hydrogen-bond donors (Lipinski definition) is 0. The SMILES string of the molecule is C=CN(C(C)=O)[C@H](C)c1ccccc1. The zero-order valence-corrected chi connectivity index (χ0v) is 8.60. The molecule has 0 N–H and O–H groups in total. The van der Waals surface area contributed by atoms with Crippen molar-refractivity contribution >= 4 is 5.91 Å². The van der Waals surface area contributed by atoms with Gasteiger partial charge in [-0.2, -0.15) is 0 Å². The van der Waals surface area contributed by atoms with Crippen LogP contribution in [-0.4, -0.2) is 10.8 Å². The summed E-state index contributed by atoms with van der Waals surface area (Å²) in [4.78, 5) is 12.9. The lowest BCUT2D eigenvalue weighted by Crippen LogP contribution is -2.25. The molecule has 1 aromatic carbocycles. The molecular weight excluding hydrogens is 174 g/mol. The van der Waals surface area contributed by atoms with Gasteiger partial charge in [0, 0.05) is 13.1 Å². The van der Waals surface area contributed by atoms with Crippen molar-refractivity contribution in [2.75, 3.05) is 0 Å². The van der Waals surface area contributed by atoms with Crippen LogP contribution in [0, 0.1) is 0 Å². The second-order valence-electron chi connectivity index (χ2n) is 3.20. The van der Waals surface area contributed by atoms with Gasteiger partial charge in [-0.3, -0.25) is 4.79 Å². The van der Waals surface area contributed by atoms with E-state index in [1.165, 1.54) is 0 Å². The van der Waals surface area contributed by atoms with E-state index >= 15 is 0 Å². The lowest BCUT2D eigenvalue weighted by molar-refractivity contribution is -0.127. The Balaban J connectivity index is 2.88. The van der Waals surface area contributed by atoms with Crippen molar-refractivity contribution < 1.29 is 4.79 Å². The third-order valence-electron chi connectivity index (χ3n) is 2.26. The minimum atomic E-state index is 0.0105. The highest BCUT2D eigenvalue weighted by molar-refractivity contribution is 5.74. The van der Waals surface area contributed by atoms with Gasteiger partial charge in [0.2, 0.25) is 5.91 Å². The monoisotopic (exact) mass is 189 g/mol. The molecular formula is C12H15NO. The highest BCUT2D eigenvalue weighted by Gasteiger charge is 2.14. The van der Waals surface area contributed by atoms with E-state index in [1.807, 2.05) is 37.3 Å². The van der Waals surface area contributed by atoms with Crippen LogP contribution in [0.3, 0.4) is 0 Å². The average molecular weight is 189 g/mol. The molecule has 2 nitrogen and oxygen atoms in total. The maximum Gasteiger partial charge on any atom is 0.223 e. The van der Waals surface area contributed by atoms with E-state index in [0.29, 0.717) is 0 Å². The van der Waals surface area contributed by atoms with Crippen LogP contribution in [-0.2, 0) is 4.79 Å². The van der Waals surface area contributed by atoms with Crippen LogP contribution < -0.4 is 0 Å². The smallest absolute Gasteiger partial charge is 0.223 e. The molecule has 1 rings (SSSR count). The van der Waals surface area contributed by atoms with Crippen LogP contribution in [0.1, 0.15) is 25.5 Å². The molecule has 0 aliphatic carbocycles. The summed E-state index contributed by atoms with van der Waals surface area (Å²) in [6.07, 6.45) is 1.57. The Morgan fingerprint density at radius 3 is 2.43 bits per heavy atom. The molecule has 0 radical (unpaired) electrons. The number of carbonyl (C=O) groups excluding carboxylic acids is 1. The number of hydrogen-bond acceptors (Lipinski definition) is 1. The van der Waals surface area contributed by atoms with Gasteiger partial charge in [-0.1, -0.05) is 36.9 Å². The molecule has 14 heavy (non-hydrogen) atoms. The molecule has 2 heteroatoms. The Labute approximate surface area is 84.9 Å². The summed E-state index contributed by atoms with van der Waals surface area (Å²) in [6.45, 7) is 7.16. The topological polar surface area (TPSA) is 20.3 Å². The maximum atomic E-state index is 11.2. The van der Waals surface area contributed by atoms with E-state index in [2.05, 4.69) is 6.58 Å². The summed E-state index contributed by atoms with van der Waals surface area (Å²) >= 11 is 0. The van der Waals surface area contributed by atoms with Gasteiger partial charge in [0.05, 0.1) is 6.04 Å². The normalized spacial score (nSPS) is 11.9. The van der Waals surface area contributed by atoms with E-state index in [4.69, 9.17) is 0 Å². The number of benzene rings is 1. The molecule has 0 aliphatic rings. The van der Waals surface area contributed by atoms with E-state index in [0.717, 1.165) is 5.56 Å². The van der Waals surface area contributed by atoms with Gasteiger partial charge in [0.25, 0.3) is 0 Å². The Bertz CT molecular complexity index is 318. The Hall–Kier alpha value is -1.57. The molecule has 0 aliphatic heterocycles. The Morgan fingerprint density at radius 1 is 1.43 bits per heavy atom. The molecule has 0 unspecified atom stereocenters. The largest absolute Gasteiger partial charge is 0.313 e. The number of carbonyl (C=O) groups is 1. The quantitative estimate of drug-likeness (QED) is 0.716. The molecule has 0 bridgehead atoms. The fourth-order valence-corrected chi connectivity index (χ4v) is 1.45. The summed E-state index contributed by atoms with van der Waals surface area (Å²) in [5.74, 6) is 0.0105. The van der Waals surface area contributed by atoms with Crippen LogP contribution in [0.5, 0.6) is 0 Å². The molecule has 0 aromatic heterocycles. The number of amides is 1. The molecule has 1 amide bonds. The first-order valence-corrected chi connectivity index (χ1v) is 4.63. The van der Waals surface area contributed by atoms with Gasteiger partial charge < -0.3 is 4.90 Å². The third-order valence-corrected chi connectivity index (χ3v) is 2.26. The predicted molar refractivity (Wildman–Crippen MR) is 57.6 cm³/mol. The van der Waals surface area contributed by atoms with Crippen LogP contribution in [0.15, 0.2) is 43.1 Å². The molecule has 74 valence electrons. The standard InChI is InChI=1S/C12H15NO/c1-4-13(11(3)14)10(2)12-8-6-5-7-9-12/h4-10H,1H2,2-3H3/t10-/m1/s1. The van der Waals surface area contributed by atoms with Gasteiger partial charge in [0.15, 0.2) is 0 Å². The van der Waals surface area contributed by atoms with Crippen molar-refractivity contribution in [3.8, 4) is 0 Å². The molecule has 0 spiro atoms. The second-order valence-corrected chi connectivity index (χ2v) is 3.20. The van der Waals surface area contributed by atoms with Crippen molar-refractivity contribution in [1.29, 1.82) is 0 Å².